The van der Waals surface area contributed by atoms with Crippen molar-refractivity contribution >= 4 is 5.97 Å². The van der Waals surface area contributed by atoms with Gasteiger partial charge in [-0.25, -0.2) is 4.39 Å². The van der Waals surface area contributed by atoms with Crippen LogP contribution in [0.15, 0.2) is 36.4 Å². The van der Waals surface area contributed by atoms with Crippen molar-refractivity contribution in [2.75, 3.05) is 0 Å². The Morgan fingerprint density at radius 1 is 1.24 bits per heavy atom. The molecule has 0 saturated carbocycles. The number of carbonyl (C=O) groups is 1. The third kappa shape index (κ3) is 2.79. The lowest BCUT2D eigenvalue weighted by molar-refractivity contribution is -0.138. The lowest BCUT2D eigenvalue weighted by Gasteiger charge is -2.14. The maximum atomic E-state index is 13.7. The molecule has 1 heterocycles. The maximum absolute atomic E-state index is 13.7. The molecule has 2 aromatic rings. The quantitative estimate of drug-likeness (QED) is 0.939. The normalized spacial score (nSPS) is 14.7. The van der Waals surface area contributed by atoms with Crippen LogP contribution in [0.4, 0.5) is 4.39 Å². The van der Waals surface area contributed by atoms with Gasteiger partial charge in [0, 0.05) is 5.69 Å². The van der Waals surface area contributed by atoms with Crippen molar-refractivity contribution in [3.8, 4) is 0 Å². The van der Waals surface area contributed by atoms with Crippen molar-refractivity contribution in [2.24, 2.45) is 0 Å². The van der Waals surface area contributed by atoms with Gasteiger partial charge < -0.3 is 5.11 Å². The Balaban J connectivity index is 1.92. The highest BCUT2D eigenvalue weighted by Crippen LogP contribution is 2.26. The molecule has 0 spiro atoms. The molecule has 1 aromatic heterocycles. The molecule has 1 atom stereocenters. The zero-order valence-electron chi connectivity index (χ0n) is 11.6. The molecule has 21 heavy (non-hydrogen) atoms. The summed E-state index contributed by atoms with van der Waals surface area (Å²) in [5.74, 6) is -2.15. The second-order valence-electron chi connectivity index (χ2n) is 5.38. The van der Waals surface area contributed by atoms with E-state index in [2.05, 4.69) is 4.98 Å². The predicted molar refractivity (Wildman–Crippen MR) is 76.7 cm³/mol. The Labute approximate surface area is 122 Å². The highest BCUT2D eigenvalue weighted by molar-refractivity contribution is 5.76. The first-order valence-electron chi connectivity index (χ1n) is 7.10. The van der Waals surface area contributed by atoms with Crippen LogP contribution in [0, 0.1) is 5.82 Å². The molecule has 1 aliphatic rings. The van der Waals surface area contributed by atoms with Crippen molar-refractivity contribution < 1.29 is 14.3 Å². The Hall–Kier alpha value is -2.23. The van der Waals surface area contributed by atoms with Crippen LogP contribution in [0.1, 0.15) is 34.9 Å². The lowest BCUT2D eigenvalue weighted by atomic mass is 9.95. The molecule has 0 amide bonds. The van der Waals surface area contributed by atoms with E-state index in [1.54, 1.807) is 24.3 Å². The third-order valence-corrected chi connectivity index (χ3v) is 3.99. The first-order chi connectivity index (χ1) is 10.1. The van der Waals surface area contributed by atoms with E-state index < -0.39 is 11.9 Å². The number of benzene rings is 1. The fourth-order valence-corrected chi connectivity index (χ4v) is 2.83. The van der Waals surface area contributed by atoms with Crippen LogP contribution in [0.25, 0.3) is 0 Å². The zero-order chi connectivity index (χ0) is 14.8. The van der Waals surface area contributed by atoms with Gasteiger partial charge in [-0.1, -0.05) is 24.3 Å². The molecule has 0 fully saturated rings. The molecule has 108 valence electrons. The molecule has 0 aliphatic heterocycles. The fraction of sp³-hybridized carbons (Fsp3) is 0.294. The molecule has 1 aromatic carbocycles. The zero-order valence-corrected chi connectivity index (χ0v) is 11.6. The number of carboxylic acid groups (broad SMARTS) is 1. The monoisotopic (exact) mass is 285 g/mol. The molecule has 0 bridgehead atoms. The second kappa shape index (κ2) is 5.64. The van der Waals surface area contributed by atoms with E-state index >= 15 is 0 Å². The molecule has 0 radical (unpaired) electrons. The van der Waals surface area contributed by atoms with Crippen molar-refractivity contribution in [3.63, 3.8) is 0 Å². The SMILES string of the molecule is O=C(O)C(Cc1ccccc1F)c1ccc2c(n1)CCC2. The van der Waals surface area contributed by atoms with E-state index in [4.69, 9.17) is 0 Å². The summed E-state index contributed by atoms with van der Waals surface area (Å²) in [4.78, 5) is 16.1. The van der Waals surface area contributed by atoms with E-state index in [9.17, 15) is 14.3 Å². The number of fused-ring (bicyclic) bond motifs is 1. The van der Waals surface area contributed by atoms with E-state index in [0.717, 1.165) is 25.0 Å². The minimum atomic E-state index is -0.969. The summed E-state index contributed by atoms with van der Waals surface area (Å²) in [5, 5.41) is 9.46. The molecule has 1 aliphatic carbocycles. The van der Waals surface area contributed by atoms with Crippen LogP contribution in [-0.2, 0) is 24.1 Å². The van der Waals surface area contributed by atoms with E-state index in [1.165, 1.54) is 11.6 Å². The van der Waals surface area contributed by atoms with Gasteiger partial charge in [0.25, 0.3) is 0 Å². The second-order valence-corrected chi connectivity index (χ2v) is 5.38. The van der Waals surface area contributed by atoms with Crippen molar-refractivity contribution in [1.29, 1.82) is 0 Å². The number of carboxylic acids is 1. The number of aliphatic carboxylic acids is 1. The van der Waals surface area contributed by atoms with Gasteiger partial charge in [-0.05, 0) is 48.9 Å². The number of hydrogen-bond acceptors (Lipinski definition) is 2. The fourth-order valence-electron chi connectivity index (χ4n) is 2.83. The molecule has 0 saturated heterocycles. The largest absolute Gasteiger partial charge is 0.481 e. The minimum absolute atomic E-state index is 0.119. The Kier molecular flexibility index (Phi) is 3.69. The average molecular weight is 285 g/mol. The molecule has 3 nitrogen and oxygen atoms in total. The highest BCUT2D eigenvalue weighted by Gasteiger charge is 2.24. The van der Waals surface area contributed by atoms with E-state index in [1.807, 2.05) is 6.07 Å². The molecule has 4 heteroatoms. The summed E-state index contributed by atoms with van der Waals surface area (Å²) in [5.41, 5.74) is 3.12. The minimum Gasteiger partial charge on any atom is -0.481 e. The predicted octanol–water partition coefficient (Wildman–Crippen LogP) is 3.12. The summed E-state index contributed by atoms with van der Waals surface area (Å²) in [6, 6.07) is 10.0. The number of nitrogens with zero attached hydrogens (tertiary/aromatic N) is 1. The Bertz CT molecular complexity index is 684. The van der Waals surface area contributed by atoms with E-state index in [0.29, 0.717) is 11.3 Å². The van der Waals surface area contributed by atoms with Gasteiger partial charge in [0.1, 0.15) is 11.7 Å². The first-order valence-corrected chi connectivity index (χ1v) is 7.10. The van der Waals surface area contributed by atoms with Gasteiger partial charge >= 0.3 is 5.97 Å². The molecule has 1 N–H and O–H groups in total. The summed E-state index contributed by atoms with van der Waals surface area (Å²) < 4.78 is 13.7. The van der Waals surface area contributed by atoms with Gasteiger partial charge in [-0.3, -0.25) is 9.78 Å². The van der Waals surface area contributed by atoms with Crippen LogP contribution in [0.3, 0.4) is 0 Å². The van der Waals surface area contributed by atoms with Crippen LogP contribution in [-0.4, -0.2) is 16.1 Å². The number of pyridine rings is 1. The number of hydrogen-bond donors (Lipinski definition) is 1. The topological polar surface area (TPSA) is 50.2 Å². The first kappa shape index (κ1) is 13.7. The summed E-state index contributed by atoms with van der Waals surface area (Å²) in [6.07, 6.45) is 3.09. The van der Waals surface area contributed by atoms with Crippen LogP contribution in [0.2, 0.25) is 0 Å². The summed E-state index contributed by atoms with van der Waals surface area (Å²) >= 11 is 0. The van der Waals surface area contributed by atoms with Crippen molar-refractivity contribution in [1.82, 2.24) is 4.98 Å². The average Bonchev–Trinajstić information content (AvgIpc) is 2.93. The van der Waals surface area contributed by atoms with Gasteiger partial charge in [0.05, 0.1) is 5.69 Å². The number of rotatable bonds is 4. The van der Waals surface area contributed by atoms with Crippen LogP contribution in [0.5, 0.6) is 0 Å². The van der Waals surface area contributed by atoms with Gasteiger partial charge in [-0.2, -0.15) is 0 Å². The van der Waals surface area contributed by atoms with Gasteiger partial charge in [-0.15, -0.1) is 0 Å². The van der Waals surface area contributed by atoms with Crippen LogP contribution < -0.4 is 0 Å². The number of halogens is 1. The third-order valence-electron chi connectivity index (χ3n) is 3.99. The van der Waals surface area contributed by atoms with Crippen LogP contribution >= 0.6 is 0 Å². The Morgan fingerprint density at radius 3 is 2.81 bits per heavy atom. The van der Waals surface area contributed by atoms with E-state index in [-0.39, 0.29) is 12.2 Å². The standard InChI is InChI=1S/C17H16FNO2/c18-14-6-2-1-4-12(14)10-13(17(20)21)16-9-8-11-5-3-7-15(11)19-16/h1-2,4,6,8-9,13H,3,5,7,10H2,(H,20,21). The molecule has 3 rings (SSSR count). The highest BCUT2D eigenvalue weighted by atomic mass is 19.1. The summed E-state index contributed by atoms with van der Waals surface area (Å²) in [7, 11) is 0. The van der Waals surface area contributed by atoms with Gasteiger partial charge in [0.15, 0.2) is 0 Å². The molecular formula is C17H16FNO2. The van der Waals surface area contributed by atoms with Gasteiger partial charge in [0.2, 0.25) is 0 Å². The number of aryl methyl sites for hydroxylation is 2. The van der Waals surface area contributed by atoms with Crippen molar-refractivity contribution in [2.45, 2.75) is 31.6 Å². The molecular weight excluding hydrogens is 269 g/mol. The smallest absolute Gasteiger partial charge is 0.312 e. The van der Waals surface area contributed by atoms with Crippen molar-refractivity contribution in [3.05, 3.63) is 64.7 Å². The lowest BCUT2D eigenvalue weighted by Crippen LogP contribution is -2.17. The molecule has 1 unspecified atom stereocenters. The maximum Gasteiger partial charge on any atom is 0.312 e. The Morgan fingerprint density at radius 2 is 2.05 bits per heavy atom. The number of aromatic nitrogens is 1. The summed E-state index contributed by atoms with van der Waals surface area (Å²) in [6.45, 7) is 0.